The van der Waals surface area contributed by atoms with Crippen molar-refractivity contribution in [1.29, 1.82) is 0 Å². The molecule has 0 spiro atoms. The highest BCUT2D eigenvalue weighted by molar-refractivity contribution is 6.30. The molecule has 1 saturated heterocycles. The van der Waals surface area contributed by atoms with Crippen LogP contribution in [0.5, 0.6) is 0 Å². The van der Waals surface area contributed by atoms with E-state index < -0.39 is 0 Å². The Balaban J connectivity index is 1.43. The van der Waals surface area contributed by atoms with E-state index >= 15 is 0 Å². The number of hydrogen-bond acceptors (Lipinski definition) is 4. The summed E-state index contributed by atoms with van der Waals surface area (Å²) in [5, 5.41) is 8.20. The molecule has 4 rings (SSSR count). The van der Waals surface area contributed by atoms with E-state index in [1.54, 1.807) is 18.3 Å². The number of pyridine rings is 1. The molecule has 0 radical (unpaired) electrons. The van der Waals surface area contributed by atoms with E-state index in [4.69, 9.17) is 11.6 Å². The van der Waals surface area contributed by atoms with E-state index in [2.05, 4.69) is 27.2 Å². The summed E-state index contributed by atoms with van der Waals surface area (Å²) in [6.45, 7) is 6.85. The highest BCUT2D eigenvalue weighted by atomic mass is 35.5. The van der Waals surface area contributed by atoms with Crippen molar-refractivity contribution >= 4 is 29.0 Å². The second-order valence-corrected chi connectivity index (χ2v) is 7.47. The molecule has 3 aromatic rings. The second kappa shape index (κ2) is 8.13. The minimum Gasteiger partial charge on any atom is -0.365 e. The van der Waals surface area contributed by atoms with Gasteiger partial charge in [-0.15, -0.1) is 0 Å². The lowest BCUT2D eigenvalue weighted by Crippen LogP contribution is -2.50. The number of piperazine rings is 1. The molecule has 0 unspecified atom stereocenters. The topological polar surface area (TPSA) is 66.3 Å². The van der Waals surface area contributed by atoms with Crippen LogP contribution < -0.4 is 10.2 Å². The lowest BCUT2D eigenvalue weighted by atomic mass is 10.2. The molecule has 1 fully saturated rings. The number of aromatic nitrogens is 3. The first-order valence-electron chi connectivity index (χ1n) is 9.57. The van der Waals surface area contributed by atoms with Crippen molar-refractivity contribution in [3.05, 3.63) is 65.1 Å². The summed E-state index contributed by atoms with van der Waals surface area (Å²) in [4.78, 5) is 21.1. The zero-order valence-corrected chi connectivity index (χ0v) is 17.2. The number of amides is 2. The Morgan fingerprint density at radius 1 is 1.07 bits per heavy atom. The van der Waals surface area contributed by atoms with Crippen molar-refractivity contribution in [3.8, 4) is 5.82 Å². The van der Waals surface area contributed by atoms with Gasteiger partial charge in [0.15, 0.2) is 5.82 Å². The Hall–Kier alpha value is -3.06. The maximum Gasteiger partial charge on any atom is 0.321 e. The van der Waals surface area contributed by atoms with Crippen LogP contribution in [0.25, 0.3) is 5.82 Å². The van der Waals surface area contributed by atoms with Crippen LogP contribution in [0.4, 0.5) is 16.2 Å². The van der Waals surface area contributed by atoms with Crippen LogP contribution >= 0.6 is 11.6 Å². The van der Waals surface area contributed by atoms with Crippen molar-refractivity contribution < 1.29 is 4.79 Å². The van der Waals surface area contributed by atoms with Crippen molar-refractivity contribution in [1.82, 2.24) is 19.7 Å². The molecule has 1 aliphatic rings. The predicted octanol–water partition coefficient (Wildman–Crippen LogP) is 3.89. The molecule has 1 N–H and O–H groups in total. The molecule has 0 bridgehead atoms. The summed E-state index contributed by atoms with van der Waals surface area (Å²) >= 11 is 5.99. The number of nitrogens with zero attached hydrogens (tertiary/aromatic N) is 5. The fourth-order valence-corrected chi connectivity index (χ4v) is 3.89. The number of benzene rings is 1. The van der Waals surface area contributed by atoms with Gasteiger partial charge in [0.2, 0.25) is 0 Å². The van der Waals surface area contributed by atoms with Crippen LogP contribution in [0.1, 0.15) is 11.4 Å². The van der Waals surface area contributed by atoms with Crippen molar-refractivity contribution in [3.63, 3.8) is 0 Å². The van der Waals surface area contributed by atoms with Crippen molar-refractivity contribution in [2.75, 3.05) is 36.4 Å². The van der Waals surface area contributed by atoms with Gasteiger partial charge in [-0.2, -0.15) is 5.10 Å². The molecular formula is C21H23ClN6O. The molecule has 1 aliphatic heterocycles. The number of halogens is 1. The molecule has 2 aromatic heterocycles. The average Bonchev–Trinajstić information content (AvgIpc) is 3.03. The normalized spacial score (nSPS) is 14.2. The van der Waals surface area contributed by atoms with Gasteiger partial charge < -0.3 is 15.1 Å². The maximum absolute atomic E-state index is 12.6. The summed E-state index contributed by atoms with van der Waals surface area (Å²) in [5.74, 6) is 0.805. The number of anilines is 2. The van der Waals surface area contributed by atoms with Gasteiger partial charge in [0.05, 0.1) is 17.1 Å². The highest BCUT2D eigenvalue weighted by Crippen LogP contribution is 2.27. The van der Waals surface area contributed by atoms with Crippen LogP contribution in [0.2, 0.25) is 5.02 Å². The third-order valence-electron chi connectivity index (χ3n) is 5.08. The quantitative estimate of drug-likeness (QED) is 0.711. The Bertz CT molecular complexity index is 1010. The third-order valence-corrected chi connectivity index (χ3v) is 5.31. The Kier molecular flexibility index (Phi) is 5.40. The van der Waals surface area contributed by atoms with Crippen LogP contribution in [0, 0.1) is 13.8 Å². The minimum atomic E-state index is -0.107. The Morgan fingerprint density at radius 2 is 1.86 bits per heavy atom. The molecule has 0 atom stereocenters. The summed E-state index contributed by atoms with van der Waals surface area (Å²) in [5.41, 5.74) is 3.84. The van der Waals surface area contributed by atoms with E-state index in [-0.39, 0.29) is 6.03 Å². The van der Waals surface area contributed by atoms with Gasteiger partial charge in [0.25, 0.3) is 0 Å². The van der Waals surface area contributed by atoms with Gasteiger partial charge in [-0.3, -0.25) is 0 Å². The fraction of sp³-hybridized carbons (Fsp3) is 0.286. The first-order valence-corrected chi connectivity index (χ1v) is 9.95. The number of aryl methyl sites for hydroxylation is 1. The van der Waals surface area contributed by atoms with Crippen LogP contribution in [-0.4, -0.2) is 51.9 Å². The molecule has 8 heteroatoms. The zero-order chi connectivity index (χ0) is 20.4. The van der Waals surface area contributed by atoms with Gasteiger partial charge in [0, 0.05) is 43.1 Å². The van der Waals surface area contributed by atoms with E-state index in [0.29, 0.717) is 23.8 Å². The molecule has 7 nitrogen and oxygen atoms in total. The van der Waals surface area contributed by atoms with E-state index in [0.717, 1.165) is 36.0 Å². The number of rotatable bonds is 3. The van der Waals surface area contributed by atoms with Gasteiger partial charge in [-0.05, 0) is 44.2 Å². The summed E-state index contributed by atoms with van der Waals surface area (Å²) < 4.78 is 1.88. The molecule has 0 saturated carbocycles. The van der Waals surface area contributed by atoms with Crippen LogP contribution in [0.3, 0.4) is 0 Å². The number of hydrogen-bond donors (Lipinski definition) is 1. The Morgan fingerprint density at radius 3 is 2.55 bits per heavy atom. The van der Waals surface area contributed by atoms with Crippen molar-refractivity contribution in [2.45, 2.75) is 13.8 Å². The van der Waals surface area contributed by atoms with Gasteiger partial charge >= 0.3 is 6.03 Å². The number of urea groups is 1. The first kappa shape index (κ1) is 19.3. The highest BCUT2D eigenvalue weighted by Gasteiger charge is 2.25. The van der Waals surface area contributed by atoms with E-state index in [1.807, 2.05) is 46.8 Å². The smallest absolute Gasteiger partial charge is 0.321 e. The van der Waals surface area contributed by atoms with Gasteiger partial charge in [-0.1, -0.05) is 23.7 Å². The fourth-order valence-electron chi connectivity index (χ4n) is 3.70. The second-order valence-electron chi connectivity index (χ2n) is 7.03. The molecule has 3 heterocycles. The molecule has 1 aromatic carbocycles. The monoisotopic (exact) mass is 410 g/mol. The SMILES string of the molecule is Cc1nn(-c2ccccn2)c(C)c1N1CCN(C(=O)Nc2cccc(Cl)c2)CC1. The van der Waals surface area contributed by atoms with Crippen LogP contribution in [0.15, 0.2) is 48.7 Å². The lowest BCUT2D eigenvalue weighted by Gasteiger charge is -2.36. The summed E-state index contributed by atoms with van der Waals surface area (Å²) in [6, 6.07) is 12.9. The zero-order valence-electron chi connectivity index (χ0n) is 16.5. The largest absolute Gasteiger partial charge is 0.365 e. The number of carbonyl (C=O) groups is 1. The predicted molar refractivity (Wildman–Crippen MR) is 115 cm³/mol. The van der Waals surface area contributed by atoms with Crippen molar-refractivity contribution in [2.24, 2.45) is 0 Å². The van der Waals surface area contributed by atoms with Gasteiger partial charge in [-0.25, -0.2) is 14.5 Å². The van der Waals surface area contributed by atoms with Gasteiger partial charge in [0.1, 0.15) is 0 Å². The lowest BCUT2D eigenvalue weighted by molar-refractivity contribution is 0.208. The average molecular weight is 411 g/mol. The Labute approximate surface area is 174 Å². The first-order chi connectivity index (χ1) is 14.0. The van der Waals surface area contributed by atoms with E-state index in [9.17, 15) is 4.79 Å². The third kappa shape index (κ3) is 4.05. The van der Waals surface area contributed by atoms with Crippen LogP contribution in [-0.2, 0) is 0 Å². The minimum absolute atomic E-state index is 0.107. The maximum atomic E-state index is 12.6. The standard InChI is InChI=1S/C21H23ClN6O/c1-15-20(16(2)28(25-15)19-8-3-4-9-23-19)26-10-12-27(13-11-26)21(29)24-18-7-5-6-17(22)14-18/h3-9,14H,10-13H2,1-2H3,(H,24,29). The number of nitrogens with one attached hydrogen (secondary N) is 1. The molecule has 150 valence electrons. The summed E-state index contributed by atoms with van der Waals surface area (Å²) in [7, 11) is 0. The molecule has 2 amide bonds. The molecule has 29 heavy (non-hydrogen) atoms. The molecular weight excluding hydrogens is 388 g/mol. The number of carbonyl (C=O) groups excluding carboxylic acids is 1. The summed E-state index contributed by atoms with van der Waals surface area (Å²) in [6.07, 6.45) is 1.77. The molecule has 0 aliphatic carbocycles. The van der Waals surface area contributed by atoms with E-state index in [1.165, 1.54) is 0 Å².